The number of aliphatic hydroxyl groups is 1. The molecule has 0 aliphatic rings. The fraction of sp³-hybridized carbons (Fsp3) is 0.167. The van der Waals surface area contributed by atoms with E-state index in [1.54, 1.807) is 0 Å². The molecule has 80 valence electrons. The number of hydrogen-bond donors (Lipinski definition) is 3. The normalized spacial score (nSPS) is 5.60. The van der Waals surface area contributed by atoms with Crippen molar-refractivity contribution in [2.75, 3.05) is 12.3 Å². The molecular formula is C6H11N4NaO4. The zero-order chi connectivity index (χ0) is 10.5. The Morgan fingerprint density at radius 1 is 1.73 bits per heavy atom. The molecule has 9 heteroatoms. The van der Waals surface area contributed by atoms with Gasteiger partial charge in [-0.15, -0.1) is 0 Å². The van der Waals surface area contributed by atoms with Crippen LogP contribution < -0.4 is 41.0 Å². The van der Waals surface area contributed by atoms with Gasteiger partial charge >= 0.3 is 29.6 Å². The molecule has 0 radical (unpaired) electrons. The van der Waals surface area contributed by atoms with Gasteiger partial charge < -0.3 is 31.3 Å². The van der Waals surface area contributed by atoms with E-state index >= 15 is 0 Å². The zero-order valence-electron chi connectivity index (χ0n) is 8.20. The number of aromatic nitrogens is 1. The third-order valence-electron chi connectivity index (χ3n) is 0.526. The van der Waals surface area contributed by atoms with E-state index in [4.69, 9.17) is 20.9 Å². The number of nitriles is 1. The Morgan fingerprint density at radius 3 is 2.20 bits per heavy atom. The van der Waals surface area contributed by atoms with Crippen LogP contribution in [0.2, 0.25) is 0 Å². The number of nitrogen functional groups attached to an aromatic ring is 1. The molecule has 0 spiro atoms. The second-order valence-electron chi connectivity index (χ2n) is 1.35. The molecule has 1 aromatic rings. The van der Waals surface area contributed by atoms with Gasteiger partial charge in [0.05, 0.1) is 12.8 Å². The van der Waals surface area contributed by atoms with Gasteiger partial charge in [0.15, 0.2) is 6.19 Å². The number of oxazole rings is 1. The fourth-order valence-corrected chi connectivity index (χ4v) is 0.234. The molecule has 15 heavy (non-hydrogen) atoms. The maximum absolute atomic E-state index is 8.92. The molecule has 6 N–H and O–H groups in total. The summed E-state index contributed by atoms with van der Waals surface area (Å²) in [6.45, 7) is -0.361. The van der Waals surface area contributed by atoms with Crippen LogP contribution in [0.1, 0.15) is 0 Å². The molecule has 1 aromatic heterocycles. The zero-order valence-corrected chi connectivity index (χ0v) is 10.2. The van der Waals surface area contributed by atoms with Crippen LogP contribution in [0, 0.1) is 11.5 Å². The van der Waals surface area contributed by atoms with Gasteiger partial charge in [0.1, 0.15) is 12.5 Å². The summed E-state index contributed by atoms with van der Waals surface area (Å²) in [6.07, 6.45) is 4.60. The molecule has 1 rings (SSSR count). The van der Waals surface area contributed by atoms with Crippen molar-refractivity contribution in [3.8, 4) is 6.19 Å². The van der Waals surface area contributed by atoms with Crippen LogP contribution in [0.15, 0.2) is 16.9 Å². The number of nitrogens with two attached hydrogens (primary N) is 2. The Kier molecular flexibility index (Phi) is 36.3. The average molecular weight is 226 g/mol. The number of carbonyl (C=O) groups excluding carboxylic acids is 1. The molecule has 0 saturated carbocycles. The van der Waals surface area contributed by atoms with Crippen molar-refractivity contribution in [3.05, 3.63) is 12.5 Å². The van der Waals surface area contributed by atoms with Crippen LogP contribution in [0.3, 0.4) is 0 Å². The van der Waals surface area contributed by atoms with E-state index in [9.17, 15) is 0 Å². The van der Waals surface area contributed by atoms with Gasteiger partial charge in [0, 0.05) is 0 Å². The molecule has 0 aromatic carbocycles. The number of carbonyl (C=O) groups is 1. The standard InChI is InChI=1S/C3H4N2O.C2H4O2.CH2N2.Na.H2O/c4-3-5-1-2-6-3;3-1-2-4;2-1-3;;/h1-2H,(H2,4,5);1,4H,2H2;2H2;;1H2/q;;;+1;/p-1. The molecule has 0 atom stereocenters. The molecule has 0 unspecified atom stereocenters. The second-order valence-corrected chi connectivity index (χ2v) is 1.35. The summed E-state index contributed by atoms with van der Waals surface area (Å²) in [5, 5.41) is 14.6. The van der Waals surface area contributed by atoms with Crippen molar-refractivity contribution in [2.45, 2.75) is 0 Å². The number of aldehydes is 1. The topological polar surface area (TPSA) is 169 Å². The molecule has 1 heterocycles. The molecule has 0 aliphatic heterocycles. The van der Waals surface area contributed by atoms with Gasteiger partial charge in [0.25, 0.3) is 6.01 Å². The largest absolute Gasteiger partial charge is 1.00 e. The minimum absolute atomic E-state index is 0. The molecule has 0 fully saturated rings. The van der Waals surface area contributed by atoms with E-state index in [1.165, 1.54) is 18.7 Å². The number of rotatable bonds is 1. The molecule has 0 aliphatic carbocycles. The van der Waals surface area contributed by atoms with Gasteiger partial charge in [-0.1, -0.05) is 0 Å². The van der Waals surface area contributed by atoms with E-state index in [0.29, 0.717) is 6.29 Å². The van der Waals surface area contributed by atoms with E-state index in [-0.39, 0.29) is 47.7 Å². The number of anilines is 1. The van der Waals surface area contributed by atoms with Gasteiger partial charge in [-0.05, 0) is 0 Å². The first-order chi connectivity index (χ1) is 6.22. The maximum Gasteiger partial charge on any atom is 1.00 e. The first kappa shape index (κ1) is 23.6. The van der Waals surface area contributed by atoms with Crippen LogP contribution in [0.5, 0.6) is 0 Å². The van der Waals surface area contributed by atoms with Crippen LogP contribution in [-0.2, 0) is 4.79 Å². The summed E-state index contributed by atoms with van der Waals surface area (Å²) < 4.78 is 4.50. The Bertz CT molecular complexity index is 236. The Hall–Kier alpha value is -1.11. The van der Waals surface area contributed by atoms with E-state index in [0.717, 1.165) is 0 Å². The molecule has 0 bridgehead atoms. The van der Waals surface area contributed by atoms with Crippen molar-refractivity contribution in [1.82, 2.24) is 4.98 Å². The molecule has 0 amide bonds. The maximum atomic E-state index is 8.92. The summed E-state index contributed by atoms with van der Waals surface area (Å²) in [4.78, 5) is 12.5. The van der Waals surface area contributed by atoms with Gasteiger partial charge in [-0.25, -0.2) is 4.98 Å². The SMILES string of the molecule is N#CN.Nc1ncco1.O=CCO.[Na+].[OH-]. The number of aliphatic hydroxyl groups excluding tert-OH is 1. The van der Waals surface area contributed by atoms with Crippen LogP contribution in [-0.4, -0.2) is 28.5 Å². The Balaban J connectivity index is -0.0000000608. The minimum Gasteiger partial charge on any atom is -0.870 e. The summed E-state index contributed by atoms with van der Waals surface area (Å²) in [5.74, 6) is 0. The number of hydrogen-bond acceptors (Lipinski definition) is 8. The van der Waals surface area contributed by atoms with E-state index in [1.807, 2.05) is 0 Å². The summed E-state index contributed by atoms with van der Waals surface area (Å²) in [5.41, 5.74) is 9.15. The average Bonchev–Trinajstić information content (AvgIpc) is 2.58. The van der Waals surface area contributed by atoms with Crippen molar-refractivity contribution < 1.29 is 49.4 Å². The minimum atomic E-state index is -0.361. The smallest absolute Gasteiger partial charge is 0.870 e. The Labute approximate surface area is 108 Å². The summed E-state index contributed by atoms with van der Waals surface area (Å²) >= 11 is 0. The summed E-state index contributed by atoms with van der Waals surface area (Å²) in [7, 11) is 0. The first-order valence-electron chi connectivity index (χ1n) is 3.02. The van der Waals surface area contributed by atoms with Crippen molar-refractivity contribution >= 4 is 12.3 Å². The monoisotopic (exact) mass is 226 g/mol. The predicted molar refractivity (Wildman–Crippen MR) is 45.8 cm³/mol. The van der Waals surface area contributed by atoms with Gasteiger partial charge in [-0.2, -0.15) is 5.26 Å². The predicted octanol–water partition coefficient (Wildman–Crippen LogP) is -4.31. The molecule has 8 nitrogen and oxygen atoms in total. The van der Waals surface area contributed by atoms with Gasteiger partial charge in [-0.3, -0.25) is 0 Å². The van der Waals surface area contributed by atoms with Crippen molar-refractivity contribution in [2.24, 2.45) is 5.73 Å². The second kappa shape index (κ2) is 23.1. The van der Waals surface area contributed by atoms with Crippen LogP contribution >= 0.6 is 0 Å². The van der Waals surface area contributed by atoms with Crippen LogP contribution in [0.25, 0.3) is 0 Å². The van der Waals surface area contributed by atoms with Gasteiger partial charge in [0.2, 0.25) is 0 Å². The number of nitrogens with zero attached hydrogens (tertiary/aromatic N) is 2. The van der Waals surface area contributed by atoms with Crippen molar-refractivity contribution in [1.29, 1.82) is 5.26 Å². The molecule has 0 saturated heterocycles. The van der Waals surface area contributed by atoms with E-state index < -0.39 is 0 Å². The quantitative estimate of drug-likeness (QED) is 0.187. The fourth-order valence-electron chi connectivity index (χ4n) is 0.234. The third kappa shape index (κ3) is 32.2. The molecular weight excluding hydrogens is 215 g/mol. The third-order valence-corrected chi connectivity index (χ3v) is 0.526. The summed E-state index contributed by atoms with van der Waals surface area (Å²) in [6, 6.07) is 0.218. The van der Waals surface area contributed by atoms with Crippen LogP contribution in [0.4, 0.5) is 6.01 Å². The first-order valence-corrected chi connectivity index (χ1v) is 3.02. The van der Waals surface area contributed by atoms with E-state index in [2.05, 4.69) is 15.1 Å². The van der Waals surface area contributed by atoms with Crippen molar-refractivity contribution in [3.63, 3.8) is 0 Å². The Morgan fingerprint density at radius 2 is 2.13 bits per heavy atom.